The molecule has 0 fully saturated rings. The van der Waals surface area contributed by atoms with E-state index in [9.17, 15) is 9.59 Å². The van der Waals surface area contributed by atoms with Crippen LogP contribution in [0.3, 0.4) is 0 Å². The largest absolute Gasteiger partial charge is 0.463 e. The van der Waals surface area contributed by atoms with Gasteiger partial charge in [0.1, 0.15) is 5.76 Å². The van der Waals surface area contributed by atoms with Crippen molar-refractivity contribution in [2.75, 3.05) is 6.61 Å². The summed E-state index contributed by atoms with van der Waals surface area (Å²) in [5.74, 6) is 0.475. The van der Waals surface area contributed by atoms with E-state index in [0.29, 0.717) is 48.8 Å². The van der Waals surface area contributed by atoms with E-state index in [1.54, 1.807) is 17.6 Å². The first-order valence-electron chi connectivity index (χ1n) is 13.6. The summed E-state index contributed by atoms with van der Waals surface area (Å²) in [4.78, 5) is 33.7. The second kappa shape index (κ2) is 12.7. The zero-order valence-corrected chi connectivity index (χ0v) is 25.7. The van der Waals surface area contributed by atoms with Crippen molar-refractivity contribution in [1.82, 2.24) is 4.57 Å². The number of carbonyl (C=O) groups is 1. The number of rotatable bonds is 9. The van der Waals surface area contributed by atoms with E-state index in [0.717, 1.165) is 16.9 Å². The van der Waals surface area contributed by atoms with E-state index >= 15 is 0 Å². The molecule has 0 unspecified atom stereocenters. The number of halogens is 1. The predicted molar refractivity (Wildman–Crippen MR) is 164 cm³/mol. The van der Waals surface area contributed by atoms with E-state index in [1.165, 1.54) is 28.7 Å². The zero-order valence-electron chi connectivity index (χ0n) is 23.3. The molecule has 0 aliphatic carbocycles. The average Bonchev–Trinajstić information content (AvgIpc) is 3.52. The SMILES string of the molecule is CCCC1=C(C(=O)OCC)[C@H](c2ccc(C(C)C)cc2)n2c(s/c(=C/c3ccc(Sc4ccc(Cl)cc4)o3)c2=O)=N1. The van der Waals surface area contributed by atoms with Crippen LogP contribution >= 0.6 is 34.7 Å². The first-order chi connectivity index (χ1) is 19.8. The van der Waals surface area contributed by atoms with Gasteiger partial charge in [0.05, 0.1) is 28.5 Å². The van der Waals surface area contributed by atoms with Crippen LogP contribution in [0.5, 0.6) is 0 Å². The molecule has 6 nitrogen and oxygen atoms in total. The smallest absolute Gasteiger partial charge is 0.338 e. The molecule has 0 saturated heterocycles. The number of hydrogen-bond donors (Lipinski definition) is 0. The van der Waals surface area contributed by atoms with Gasteiger partial charge >= 0.3 is 5.97 Å². The minimum atomic E-state index is -0.636. The molecule has 0 radical (unpaired) electrons. The van der Waals surface area contributed by atoms with Crippen LogP contribution in [0.2, 0.25) is 5.02 Å². The molecule has 0 spiro atoms. The number of furan rings is 1. The van der Waals surface area contributed by atoms with Gasteiger partial charge in [-0.2, -0.15) is 0 Å². The fourth-order valence-electron chi connectivity index (χ4n) is 4.71. The van der Waals surface area contributed by atoms with Crippen molar-refractivity contribution in [3.63, 3.8) is 0 Å². The number of thiazole rings is 1. The van der Waals surface area contributed by atoms with Crippen LogP contribution in [0.25, 0.3) is 6.08 Å². The van der Waals surface area contributed by atoms with Crippen molar-refractivity contribution in [2.24, 2.45) is 4.99 Å². The monoisotopic (exact) mass is 606 g/mol. The fourth-order valence-corrected chi connectivity index (χ4v) is 6.62. The predicted octanol–water partition coefficient (Wildman–Crippen LogP) is 7.10. The molecule has 41 heavy (non-hydrogen) atoms. The Hall–Kier alpha value is -3.33. The molecule has 0 saturated carbocycles. The molecule has 0 bridgehead atoms. The van der Waals surface area contributed by atoms with Crippen molar-refractivity contribution < 1.29 is 13.9 Å². The van der Waals surface area contributed by atoms with Gasteiger partial charge in [0.2, 0.25) is 0 Å². The molecule has 0 N–H and O–H groups in total. The number of carbonyl (C=O) groups excluding carboxylic acids is 1. The van der Waals surface area contributed by atoms with E-state index in [1.807, 2.05) is 55.5 Å². The number of fused-ring (bicyclic) bond motifs is 1. The van der Waals surface area contributed by atoms with Crippen molar-refractivity contribution in [1.29, 1.82) is 0 Å². The highest BCUT2D eigenvalue weighted by molar-refractivity contribution is 7.99. The molecule has 0 amide bonds. The quantitative estimate of drug-likeness (QED) is 0.190. The van der Waals surface area contributed by atoms with Crippen LogP contribution in [0.1, 0.15) is 69.4 Å². The molecule has 3 heterocycles. The van der Waals surface area contributed by atoms with Crippen LogP contribution < -0.4 is 14.9 Å². The minimum absolute atomic E-state index is 0.229. The highest BCUT2D eigenvalue weighted by Crippen LogP contribution is 2.34. The lowest BCUT2D eigenvalue weighted by Gasteiger charge is -2.26. The Bertz CT molecular complexity index is 1760. The van der Waals surface area contributed by atoms with E-state index in [-0.39, 0.29) is 12.2 Å². The molecule has 1 atom stereocenters. The number of ether oxygens (including phenoxy) is 1. The Labute approximate surface area is 252 Å². The van der Waals surface area contributed by atoms with Gasteiger partial charge in [0.15, 0.2) is 9.89 Å². The summed E-state index contributed by atoms with van der Waals surface area (Å²) in [6, 6.07) is 18.7. The molecular formula is C32H31ClN2O4S2. The third-order valence-corrected chi connectivity index (χ3v) is 8.88. The maximum absolute atomic E-state index is 13.9. The summed E-state index contributed by atoms with van der Waals surface area (Å²) in [5, 5.41) is 1.37. The summed E-state index contributed by atoms with van der Waals surface area (Å²) in [6.07, 6.45) is 3.14. The fraction of sp³-hybridized carbons (Fsp3) is 0.281. The van der Waals surface area contributed by atoms with Crippen LogP contribution in [0.15, 0.2) is 96.1 Å². The molecule has 2 aromatic carbocycles. The van der Waals surface area contributed by atoms with Crippen LogP contribution in [0.4, 0.5) is 0 Å². The van der Waals surface area contributed by atoms with Gasteiger partial charge in [-0.15, -0.1) is 0 Å². The third kappa shape index (κ3) is 6.30. The van der Waals surface area contributed by atoms with Crippen molar-refractivity contribution in [2.45, 2.75) is 62.5 Å². The summed E-state index contributed by atoms with van der Waals surface area (Å²) in [7, 11) is 0. The Morgan fingerprint density at radius 3 is 2.51 bits per heavy atom. The lowest BCUT2D eigenvalue weighted by Crippen LogP contribution is -2.40. The van der Waals surface area contributed by atoms with Gasteiger partial charge in [-0.1, -0.05) is 86.2 Å². The molecule has 1 aliphatic heterocycles. The molecule has 5 rings (SSSR count). The maximum Gasteiger partial charge on any atom is 0.338 e. The van der Waals surface area contributed by atoms with Gasteiger partial charge < -0.3 is 9.15 Å². The number of hydrogen-bond acceptors (Lipinski definition) is 7. The van der Waals surface area contributed by atoms with Gasteiger partial charge in [0, 0.05) is 16.0 Å². The number of allylic oxidation sites excluding steroid dienone is 1. The van der Waals surface area contributed by atoms with Crippen LogP contribution in [0, 0.1) is 0 Å². The van der Waals surface area contributed by atoms with Crippen LogP contribution in [-0.4, -0.2) is 17.1 Å². The van der Waals surface area contributed by atoms with Crippen molar-refractivity contribution >= 4 is 46.7 Å². The summed E-state index contributed by atoms with van der Waals surface area (Å²) >= 11 is 8.77. The maximum atomic E-state index is 13.9. The molecule has 4 aromatic rings. The normalized spacial score (nSPS) is 15.3. The highest BCUT2D eigenvalue weighted by atomic mass is 35.5. The molecule has 212 valence electrons. The number of esters is 1. The van der Waals surface area contributed by atoms with Gasteiger partial charge in [-0.3, -0.25) is 9.36 Å². The Morgan fingerprint density at radius 1 is 1.12 bits per heavy atom. The highest BCUT2D eigenvalue weighted by Gasteiger charge is 2.34. The minimum Gasteiger partial charge on any atom is -0.463 e. The van der Waals surface area contributed by atoms with Crippen molar-refractivity contribution in [3.8, 4) is 0 Å². The lowest BCUT2D eigenvalue weighted by molar-refractivity contribution is -0.139. The summed E-state index contributed by atoms with van der Waals surface area (Å²) in [5.41, 5.74) is 2.88. The second-order valence-electron chi connectivity index (χ2n) is 9.95. The first kappa shape index (κ1) is 29.2. The number of benzene rings is 2. The molecule has 9 heteroatoms. The Kier molecular flexibility index (Phi) is 9.02. The lowest BCUT2D eigenvalue weighted by atomic mass is 9.92. The van der Waals surface area contributed by atoms with E-state index in [2.05, 4.69) is 26.0 Å². The van der Waals surface area contributed by atoms with E-state index < -0.39 is 12.0 Å². The van der Waals surface area contributed by atoms with Crippen LogP contribution in [-0.2, 0) is 9.53 Å². The van der Waals surface area contributed by atoms with Crippen molar-refractivity contribution in [3.05, 3.63) is 114 Å². The zero-order chi connectivity index (χ0) is 29.1. The second-order valence-corrected chi connectivity index (χ2v) is 12.5. The molecule has 1 aliphatic rings. The van der Waals surface area contributed by atoms with Gasteiger partial charge in [0.25, 0.3) is 5.56 Å². The Balaban J connectivity index is 1.60. The number of nitrogens with zero attached hydrogens (tertiary/aromatic N) is 2. The number of aromatic nitrogens is 1. The topological polar surface area (TPSA) is 73.8 Å². The first-order valence-corrected chi connectivity index (χ1v) is 15.6. The standard InChI is InChI=1S/C32H31ClN2O4S2/c1-5-7-25-28(31(37)38-6-2)29(21-10-8-20(9-11-21)19(3)4)35-30(36)26(41-32(35)34-25)18-23-14-17-27(39-23)40-24-15-12-22(33)13-16-24/h8-19,29H,5-7H2,1-4H3/b26-18+/t29-/m0/s1. The molecular weight excluding hydrogens is 576 g/mol. The van der Waals surface area contributed by atoms with Gasteiger partial charge in [-0.05, 0) is 66.8 Å². The molecule has 2 aromatic heterocycles. The summed E-state index contributed by atoms with van der Waals surface area (Å²) < 4.78 is 13.6. The van der Waals surface area contributed by atoms with E-state index in [4.69, 9.17) is 25.7 Å². The Morgan fingerprint density at radius 2 is 1.85 bits per heavy atom. The van der Waals surface area contributed by atoms with Gasteiger partial charge in [-0.25, -0.2) is 9.79 Å². The average molecular weight is 607 g/mol. The third-order valence-electron chi connectivity index (χ3n) is 6.72. The summed E-state index contributed by atoms with van der Waals surface area (Å²) in [6.45, 7) is 8.33.